The molecule has 0 saturated heterocycles. The van der Waals surface area contributed by atoms with Gasteiger partial charge in [-0.15, -0.1) is 0 Å². The molecule has 3 rings (SSSR count). The van der Waals surface area contributed by atoms with E-state index >= 15 is 0 Å². The van der Waals surface area contributed by atoms with Gasteiger partial charge in [-0.05, 0) is 18.2 Å². The Kier molecular flexibility index (Phi) is 1.62. The maximum absolute atomic E-state index is 11.1. The van der Waals surface area contributed by atoms with Crippen molar-refractivity contribution in [2.75, 3.05) is 0 Å². The zero-order valence-electron chi connectivity index (χ0n) is 7.86. The van der Waals surface area contributed by atoms with Gasteiger partial charge in [0, 0.05) is 23.1 Å². The Morgan fingerprint density at radius 2 is 1.93 bits per heavy atom. The van der Waals surface area contributed by atoms with E-state index in [9.17, 15) is 4.79 Å². The van der Waals surface area contributed by atoms with Crippen molar-refractivity contribution < 1.29 is 4.42 Å². The lowest BCUT2D eigenvalue weighted by atomic mass is 10.1. The van der Waals surface area contributed by atoms with Crippen molar-refractivity contribution in [1.29, 1.82) is 0 Å². The summed E-state index contributed by atoms with van der Waals surface area (Å²) < 4.78 is 5.60. The molecule has 0 spiro atoms. The largest absolute Gasteiger partial charge is 0.456 e. The van der Waals surface area contributed by atoms with E-state index in [1.54, 1.807) is 6.07 Å². The fourth-order valence-electron chi connectivity index (χ4n) is 1.61. The summed E-state index contributed by atoms with van der Waals surface area (Å²) in [5, 5.41) is 0.920. The van der Waals surface area contributed by atoms with Crippen LogP contribution in [0.4, 0.5) is 0 Å². The molecule has 0 N–H and O–H groups in total. The van der Waals surface area contributed by atoms with Crippen LogP contribution in [-0.2, 0) is 0 Å². The molecule has 1 radical (unpaired) electrons. The lowest BCUT2D eigenvalue weighted by Crippen LogP contribution is -1.97. The first-order valence-electron chi connectivity index (χ1n) is 4.68. The third-order valence-corrected chi connectivity index (χ3v) is 2.33. The normalized spacial score (nSPS) is 10.9. The summed E-state index contributed by atoms with van der Waals surface area (Å²) in [6, 6.07) is 15.6. The molecule has 1 aromatic carbocycles. The minimum atomic E-state index is -0.0464. The SMILES string of the molecule is O=c1ccc2[c]c3ccccc3oc-2c1. The topological polar surface area (TPSA) is 30.2 Å². The molecular formula is C13H7O2. The van der Waals surface area contributed by atoms with Gasteiger partial charge in [0.05, 0.1) is 0 Å². The second-order valence-corrected chi connectivity index (χ2v) is 3.38. The maximum Gasteiger partial charge on any atom is 0.182 e. The van der Waals surface area contributed by atoms with Crippen LogP contribution >= 0.6 is 0 Å². The van der Waals surface area contributed by atoms with Crippen molar-refractivity contribution in [2.45, 2.75) is 0 Å². The molecule has 0 atom stereocenters. The number of hydrogen-bond donors (Lipinski definition) is 0. The predicted octanol–water partition coefficient (Wildman–Crippen LogP) is 2.70. The first kappa shape index (κ1) is 8.24. The van der Waals surface area contributed by atoms with Crippen LogP contribution in [0.5, 0.6) is 0 Å². The average Bonchev–Trinajstić information content (AvgIpc) is 2.26. The summed E-state index contributed by atoms with van der Waals surface area (Å²) >= 11 is 0. The fraction of sp³-hybridized carbons (Fsp3) is 0. The molecule has 2 heteroatoms. The Morgan fingerprint density at radius 3 is 2.87 bits per heavy atom. The van der Waals surface area contributed by atoms with Gasteiger partial charge in [-0.1, -0.05) is 18.2 Å². The molecule has 0 aromatic heterocycles. The molecule has 0 bridgehead atoms. The Morgan fingerprint density at radius 1 is 1.07 bits per heavy atom. The lowest BCUT2D eigenvalue weighted by Gasteiger charge is -2.04. The Hall–Kier alpha value is -2.09. The first-order chi connectivity index (χ1) is 7.33. The van der Waals surface area contributed by atoms with Crippen LogP contribution in [0.25, 0.3) is 22.3 Å². The summed E-state index contributed by atoms with van der Waals surface area (Å²) in [5.41, 5.74) is 1.53. The van der Waals surface area contributed by atoms with E-state index in [2.05, 4.69) is 6.07 Å². The van der Waals surface area contributed by atoms with Crippen molar-refractivity contribution in [3.05, 3.63) is 58.8 Å². The van der Waals surface area contributed by atoms with Crippen molar-refractivity contribution in [1.82, 2.24) is 0 Å². The summed E-state index contributed by atoms with van der Waals surface area (Å²) in [4.78, 5) is 11.1. The molecule has 0 fully saturated rings. The highest BCUT2D eigenvalue weighted by Crippen LogP contribution is 2.25. The molecular weight excluding hydrogens is 188 g/mol. The van der Waals surface area contributed by atoms with Crippen molar-refractivity contribution in [2.24, 2.45) is 0 Å². The van der Waals surface area contributed by atoms with Gasteiger partial charge in [0.25, 0.3) is 0 Å². The van der Waals surface area contributed by atoms with Crippen LogP contribution in [0.1, 0.15) is 0 Å². The number of rotatable bonds is 0. The second-order valence-electron chi connectivity index (χ2n) is 3.38. The van der Waals surface area contributed by atoms with E-state index < -0.39 is 0 Å². The highest BCUT2D eigenvalue weighted by atomic mass is 16.3. The quantitative estimate of drug-likeness (QED) is 0.516. The minimum Gasteiger partial charge on any atom is -0.456 e. The third-order valence-electron chi connectivity index (χ3n) is 2.33. The summed E-state index contributed by atoms with van der Waals surface area (Å²) in [6.45, 7) is 0. The molecule has 71 valence electrons. The van der Waals surface area contributed by atoms with E-state index in [-0.39, 0.29) is 5.43 Å². The molecule has 0 amide bonds. The van der Waals surface area contributed by atoms with Gasteiger partial charge in [0.2, 0.25) is 0 Å². The van der Waals surface area contributed by atoms with Crippen LogP contribution in [0.2, 0.25) is 0 Å². The van der Waals surface area contributed by atoms with E-state index in [1.807, 2.05) is 24.3 Å². The summed E-state index contributed by atoms with van der Waals surface area (Å²) in [5.74, 6) is 0.584. The van der Waals surface area contributed by atoms with Gasteiger partial charge < -0.3 is 4.42 Å². The van der Waals surface area contributed by atoms with E-state index in [4.69, 9.17) is 4.42 Å². The fourth-order valence-corrected chi connectivity index (χ4v) is 1.61. The molecule has 0 unspecified atom stereocenters. The predicted molar refractivity (Wildman–Crippen MR) is 57.9 cm³/mol. The van der Waals surface area contributed by atoms with Gasteiger partial charge in [0.1, 0.15) is 11.3 Å². The molecule has 15 heavy (non-hydrogen) atoms. The molecule has 1 heterocycles. The van der Waals surface area contributed by atoms with Crippen molar-refractivity contribution in [3.8, 4) is 11.3 Å². The third kappa shape index (κ3) is 1.31. The zero-order valence-corrected chi connectivity index (χ0v) is 7.86. The zero-order chi connectivity index (χ0) is 10.3. The van der Waals surface area contributed by atoms with Crippen LogP contribution in [-0.4, -0.2) is 0 Å². The van der Waals surface area contributed by atoms with Gasteiger partial charge in [0.15, 0.2) is 5.43 Å². The minimum absolute atomic E-state index is 0.0464. The number of para-hydroxylation sites is 1. The van der Waals surface area contributed by atoms with Crippen molar-refractivity contribution in [3.63, 3.8) is 0 Å². The summed E-state index contributed by atoms with van der Waals surface area (Å²) in [7, 11) is 0. The lowest BCUT2D eigenvalue weighted by molar-refractivity contribution is 0.618. The smallest absolute Gasteiger partial charge is 0.182 e. The maximum atomic E-state index is 11.1. The first-order valence-corrected chi connectivity index (χ1v) is 4.68. The molecule has 1 aromatic rings. The monoisotopic (exact) mass is 195 g/mol. The Bertz CT molecular complexity index is 652. The van der Waals surface area contributed by atoms with Crippen LogP contribution < -0.4 is 5.43 Å². The van der Waals surface area contributed by atoms with Gasteiger partial charge in [-0.25, -0.2) is 0 Å². The van der Waals surface area contributed by atoms with Gasteiger partial charge >= 0.3 is 0 Å². The highest BCUT2D eigenvalue weighted by Gasteiger charge is 2.06. The van der Waals surface area contributed by atoms with Gasteiger partial charge in [-0.3, -0.25) is 4.79 Å². The molecule has 1 aliphatic carbocycles. The van der Waals surface area contributed by atoms with Crippen LogP contribution in [0.3, 0.4) is 0 Å². The standard InChI is InChI=1S/C13H7O2/c14-11-6-5-10-7-9-3-1-2-4-12(9)15-13(10)8-11/h1-6,8H. The van der Waals surface area contributed by atoms with Crippen molar-refractivity contribution >= 4 is 11.0 Å². The molecule has 2 nitrogen and oxygen atoms in total. The van der Waals surface area contributed by atoms with Crippen LogP contribution in [0.15, 0.2) is 51.7 Å². The van der Waals surface area contributed by atoms with E-state index in [0.29, 0.717) is 5.76 Å². The van der Waals surface area contributed by atoms with E-state index in [1.165, 1.54) is 12.1 Å². The molecule has 0 saturated carbocycles. The Balaban J connectivity index is 2.49. The average molecular weight is 195 g/mol. The molecule has 2 aliphatic rings. The highest BCUT2D eigenvalue weighted by molar-refractivity contribution is 5.81. The Labute approximate surface area is 86.1 Å². The van der Waals surface area contributed by atoms with E-state index in [0.717, 1.165) is 16.5 Å². The molecule has 1 aliphatic heterocycles. The summed E-state index contributed by atoms with van der Waals surface area (Å²) in [6.07, 6.45) is 0. The second kappa shape index (κ2) is 2.95. The van der Waals surface area contributed by atoms with Crippen LogP contribution in [0, 0.1) is 6.07 Å². The number of benzene rings is 2. The number of hydrogen-bond acceptors (Lipinski definition) is 2. The van der Waals surface area contributed by atoms with Gasteiger partial charge in [-0.2, -0.15) is 0 Å². The number of fused-ring (bicyclic) bond motifs is 2.